The molecule has 0 bridgehead atoms. The molecule has 3 aromatic carbocycles. The third kappa shape index (κ3) is 3.18. The second-order valence-corrected chi connectivity index (χ2v) is 6.80. The Hall–Kier alpha value is -3.80. The standard InChI is InChI=1S/C23H16F2N4/c24-19-11-10-18(12-20(19)25)22-13-21(28-23-26-14-27-29(22)23)17-8-6-16(7-9-17)15-4-2-1-3-5-15/h1-14,22H,(H,26,27,28)/t22-/m0/s1. The Balaban J connectivity index is 1.53. The van der Waals surface area contributed by atoms with Crippen molar-refractivity contribution in [3.8, 4) is 11.1 Å². The third-order valence-electron chi connectivity index (χ3n) is 5.00. The molecule has 1 atom stereocenters. The molecule has 4 nitrogen and oxygen atoms in total. The molecule has 0 aliphatic carbocycles. The first-order chi connectivity index (χ1) is 14.2. The molecule has 5 rings (SSSR count). The van der Waals surface area contributed by atoms with Gasteiger partial charge in [-0.1, -0.05) is 60.7 Å². The van der Waals surface area contributed by atoms with E-state index in [9.17, 15) is 8.78 Å². The number of benzene rings is 3. The van der Waals surface area contributed by atoms with Crippen LogP contribution in [0.2, 0.25) is 0 Å². The molecule has 1 N–H and O–H groups in total. The van der Waals surface area contributed by atoms with Crippen molar-refractivity contribution in [3.63, 3.8) is 0 Å². The summed E-state index contributed by atoms with van der Waals surface area (Å²) < 4.78 is 28.8. The van der Waals surface area contributed by atoms with Crippen molar-refractivity contribution in [1.82, 2.24) is 14.8 Å². The fourth-order valence-corrected chi connectivity index (χ4v) is 3.51. The van der Waals surface area contributed by atoms with Crippen LogP contribution < -0.4 is 5.32 Å². The Morgan fingerprint density at radius 3 is 2.28 bits per heavy atom. The maximum Gasteiger partial charge on any atom is 0.226 e. The summed E-state index contributed by atoms with van der Waals surface area (Å²) >= 11 is 0. The van der Waals surface area contributed by atoms with Crippen molar-refractivity contribution in [2.45, 2.75) is 6.04 Å². The highest BCUT2D eigenvalue weighted by Crippen LogP contribution is 2.33. The van der Waals surface area contributed by atoms with Gasteiger partial charge < -0.3 is 5.32 Å². The number of anilines is 1. The molecule has 0 spiro atoms. The molecule has 0 saturated heterocycles. The van der Waals surface area contributed by atoms with Crippen LogP contribution in [-0.4, -0.2) is 14.8 Å². The van der Waals surface area contributed by atoms with Crippen LogP contribution >= 0.6 is 0 Å². The molecule has 4 aromatic rings. The molecule has 29 heavy (non-hydrogen) atoms. The highest BCUT2D eigenvalue weighted by atomic mass is 19.2. The van der Waals surface area contributed by atoms with Crippen molar-refractivity contribution < 1.29 is 8.78 Å². The lowest BCUT2D eigenvalue weighted by molar-refractivity contribution is 0.503. The highest BCUT2D eigenvalue weighted by molar-refractivity contribution is 5.78. The van der Waals surface area contributed by atoms with E-state index in [1.165, 1.54) is 12.4 Å². The van der Waals surface area contributed by atoms with Gasteiger partial charge >= 0.3 is 0 Å². The lowest BCUT2D eigenvalue weighted by Crippen LogP contribution is -2.20. The van der Waals surface area contributed by atoms with Crippen LogP contribution in [0.15, 0.2) is 85.2 Å². The molecule has 1 aliphatic rings. The summed E-state index contributed by atoms with van der Waals surface area (Å²) in [5.41, 5.74) is 4.65. The Kier molecular flexibility index (Phi) is 4.17. The molecule has 0 radical (unpaired) electrons. The zero-order valence-corrected chi connectivity index (χ0v) is 15.3. The van der Waals surface area contributed by atoms with Crippen LogP contribution in [0.4, 0.5) is 14.7 Å². The molecule has 6 heteroatoms. The van der Waals surface area contributed by atoms with Gasteiger partial charge in [0.25, 0.3) is 0 Å². The quantitative estimate of drug-likeness (QED) is 0.521. The number of nitrogens with one attached hydrogen (secondary N) is 1. The highest BCUT2D eigenvalue weighted by Gasteiger charge is 2.24. The SMILES string of the molecule is Fc1ccc([C@@H]2C=C(c3ccc(-c4ccccc4)cc3)Nc3ncnn32)cc1F. The van der Waals surface area contributed by atoms with Gasteiger partial charge in [0.1, 0.15) is 12.4 Å². The van der Waals surface area contributed by atoms with Crippen molar-refractivity contribution in [2.24, 2.45) is 0 Å². The second-order valence-electron chi connectivity index (χ2n) is 6.80. The van der Waals surface area contributed by atoms with Crippen LogP contribution in [0.1, 0.15) is 17.2 Å². The number of fused-ring (bicyclic) bond motifs is 1. The summed E-state index contributed by atoms with van der Waals surface area (Å²) in [6.07, 6.45) is 3.37. The zero-order chi connectivity index (χ0) is 19.8. The largest absolute Gasteiger partial charge is 0.324 e. The van der Waals surface area contributed by atoms with Crippen LogP contribution in [0, 0.1) is 11.6 Å². The van der Waals surface area contributed by atoms with Crippen molar-refractivity contribution in [1.29, 1.82) is 0 Å². The van der Waals surface area contributed by atoms with Gasteiger partial charge in [0.15, 0.2) is 11.6 Å². The number of allylic oxidation sites excluding steroid dienone is 1. The van der Waals surface area contributed by atoms with E-state index in [-0.39, 0.29) is 0 Å². The maximum absolute atomic E-state index is 13.8. The zero-order valence-electron chi connectivity index (χ0n) is 15.3. The minimum atomic E-state index is -0.884. The van der Waals surface area contributed by atoms with Crippen LogP contribution in [-0.2, 0) is 0 Å². The fraction of sp³-hybridized carbons (Fsp3) is 0.0435. The summed E-state index contributed by atoms with van der Waals surface area (Å²) in [5, 5.41) is 7.49. The number of hydrogen-bond acceptors (Lipinski definition) is 3. The van der Waals surface area contributed by atoms with E-state index in [1.807, 2.05) is 36.4 Å². The predicted octanol–water partition coefficient (Wildman–Crippen LogP) is 5.28. The van der Waals surface area contributed by atoms with Crippen LogP contribution in [0.3, 0.4) is 0 Å². The molecule has 0 unspecified atom stereocenters. The summed E-state index contributed by atoms with van der Waals surface area (Å²) in [6.45, 7) is 0. The van der Waals surface area contributed by atoms with Gasteiger partial charge in [0.05, 0.1) is 0 Å². The lowest BCUT2D eigenvalue weighted by Gasteiger charge is -2.24. The summed E-state index contributed by atoms with van der Waals surface area (Å²) in [5.74, 6) is -1.21. The average Bonchev–Trinajstić information content (AvgIpc) is 3.24. The van der Waals surface area contributed by atoms with E-state index in [4.69, 9.17) is 0 Å². The Morgan fingerprint density at radius 1 is 0.793 bits per heavy atom. The van der Waals surface area contributed by atoms with Crippen molar-refractivity contribution in [2.75, 3.05) is 5.32 Å². The Labute approximate surface area is 166 Å². The third-order valence-corrected chi connectivity index (χ3v) is 5.00. The number of aromatic nitrogens is 3. The predicted molar refractivity (Wildman–Crippen MR) is 108 cm³/mol. The number of hydrogen-bond donors (Lipinski definition) is 1. The van der Waals surface area contributed by atoms with E-state index < -0.39 is 17.7 Å². The lowest BCUT2D eigenvalue weighted by atomic mass is 9.99. The van der Waals surface area contributed by atoms with Gasteiger partial charge in [-0.25, -0.2) is 13.5 Å². The first kappa shape index (κ1) is 17.3. The first-order valence-electron chi connectivity index (χ1n) is 9.18. The van der Waals surface area contributed by atoms with Gasteiger partial charge in [-0.3, -0.25) is 0 Å². The van der Waals surface area contributed by atoms with E-state index in [2.05, 4.69) is 39.7 Å². The van der Waals surface area contributed by atoms with Gasteiger partial charge in [-0.15, -0.1) is 0 Å². The molecule has 2 heterocycles. The Morgan fingerprint density at radius 2 is 1.52 bits per heavy atom. The number of halogens is 2. The smallest absolute Gasteiger partial charge is 0.226 e. The van der Waals surface area contributed by atoms with Gasteiger partial charge in [-0.2, -0.15) is 10.1 Å². The molecular weight excluding hydrogens is 370 g/mol. The Bertz CT molecular complexity index is 1200. The molecular formula is C23H16F2N4. The topological polar surface area (TPSA) is 42.7 Å². The fourth-order valence-electron chi connectivity index (χ4n) is 3.51. The van der Waals surface area contributed by atoms with Gasteiger partial charge in [-0.05, 0) is 40.5 Å². The summed E-state index contributed by atoms with van der Waals surface area (Å²) in [7, 11) is 0. The second kappa shape index (κ2) is 6.98. The minimum absolute atomic E-state index is 0.396. The van der Waals surface area contributed by atoms with E-state index in [0.717, 1.165) is 28.5 Å². The molecule has 1 aliphatic heterocycles. The van der Waals surface area contributed by atoms with Gasteiger partial charge in [0.2, 0.25) is 5.95 Å². The molecule has 0 amide bonds. The average molecular weight is 386 g/mol. The van der Waals surface area contributed by atoms with Crippen molar-refractivity contribution in [3.05, 3.63) is 108 Å². The maximum atomic E-state index is 13.8. The number of rotatable bonds is 3. The van der Waals surface area contributed by atoms with E-state index in [0.29, 0.717) is 11.5 Å². The van der Waals surface area contributed by atoms with Crippen LogP contribution in [0.5, 0.6) is 0 Å². The molecule has 1 aromatic heterocycles. The monoisotopic (exact) mass is 386 g/mol. The summed E-state index contributed by atoms with van der Waals surface area (Å²) in [4.78, 5) is 4.25. The molecule has 142 valence electrons. The molecule has 0 saturated carbocycles. The van der Waals surface area contributed by atoms with Gasteiger partial charge in [0, 0.05) is 5.70 Å². The minimum Gasteiger partial charge on any atom is -0.324 e. The van der Waals surface area contributed by atoms with E-state index >= 15 is 0 Å². The summed E-state index contributed by atoms with van der Waals surface area (Å²) in [6, 6.07) is 21.8. The van der Waals surface area contributed by atoms with E-state index in [1.54, 1.807) is 10.7 Å². The van der Waals surface area contributed by atoms with Crippen molar-refractivity contribution >= 4 is 11.6 Å². The normalized spacial score (nSPS) is 15.4. The van der Waals surface area contributed by atoms with Crippen LogP contribution in [0.25, 0.3) is 16.8 Å². The first-order valence-corrected chi connectivity index (χ1v) is 9.18. The molecule has 0 fully saturated rings. The number of nitrogens with zero attached hydrogens (tertiary/aromatic N) is 3.